The number of rotatable bonds is 7. The van der Waals surface area contributed by atoms with Gasteiger partial charge in [-0.05, 0) is 60.7 Å². The Morgan fingerprint density at radius 3 is 2.21 bits per heavy atom. The summed E-state index contributed by atoms with van der Waals surface area (Å²) in [6.07, 6.45) is 0. The molecule has 0 atom stereocenters. The largest absolute Gasteiger partial charge is 0.493 e. The molecule has 1 amide bonds. The number of hydrogen-bond acceptors (Lipinski definition) is 6. The molecule has 174 valence electrons. The lowest BCUT2D eigenvalue weighted by atomic mass is 10.1. The van der Waals surface area contributed by atoms with Crippen LogP contribution in [0.4, 0.5) is 5.69 Å². The van der Waals surface area contributed by atoms with Crippen LogP contribution in [-0.2, 0) is 10.0 Å². The minimum absolute atomic E-state index is 0.0467. The zero-order valence-electron chi connectivity index (χ0n) is 18.4. The first kappa shape index (κ1) is 23.0. The molecule has 1 aromatic heterocycles. The molecule has 0 aliphatic carbocycles. The van der Waals surface area contributed by atoms with Gasteiger partial charge in [0.15, 0.2) is 17.2 Å². The summed E-state index contributed by atoms with van der Waals surface area (Å²) in [5.74, 6) is 0.666. The van der Waals surface area contributed by atoms with E-state index in [1.807, 2.05) is 42.5 Å². The van der Waals surface area contributed by atoms with Gasteiger partial charge < -0.3 is 14.8 Å². The van der Waals surface area contributed by atoms with Crippen LogP contribution in [0.25, 0.3) is 16.9 Å². The van der Waals surface area contributed by atoms with E-state index in [1.54, 1.807) is 31.0 Å². The number of aromatic nitrogens is 2. The lowest BCUT2D eigenvalue weighted by Gasteiger charge is -2.11. The number of carbonyl (C=O) groups is 1. The van der Waals surface area contributed by atoms with Gasteiger partial charge in [-0.15, -0.1) is 0 Å². The Morgan fingerprint density at radius 1 is 0.912 bits per heavy atom. The standard InChI is InChI=1S/C24H22N4O5S/c1-32-22-13-8-16(14-23(22)33-2)21-15-20(27-28(21)18-6-4-3-5-7-18)24(29)26-17-9-11-19(12-10-17)34(25,30)31/h3-15H,1-2H3,(H,26,29)(H2,25,30,31). The number of carbonyl (C=O) groups excluding carboxylic acids is 1. The van der Waals surface area contributed by atoms with Crippen LogP contribution in [0.15, 0.2) is 83.8 Å². The van der Waals surface area contributed by atoms with E-state index < -0.39 is 15.9 Å². The molecule has 3 aromatic carbocycles. The summed E-state index contributed by atoms with van der Waals surface area (Å²) in [6, 6.07) is 22.1. The fraction of sp³-hybridized carbons (Fsp3) is 0.0833. The number of amides is 1. The number of nitrogens with two attached hydrogens (primary N) is 1. The summed E-state index contributed by atoms with van der Waals surface area (Å²) in [5.41, 5.74) is 2.78. The Morgan fingerprint density at radius 2 is 1.59 bits per heavy atom. The van der Waals surface area contributed by atoms with Crippen LogP contribution in [0.2, 0.25) is 0 Å². The number of sulfonamides is 1. The van der Waals surface area contributed by atoms with Crippen molar-refractivity contribution in [1.29, 1.82) is 0 Å². The van der Waals surface area contributed by atoms with Gasteiger partial charge in [-0.1, -0.05) is 18.2 Å². The highest BCUT2D eigenvalue weighted by atomic mass is 32.2. The lowest BCUT2D eigenvalue weighted by Crippen LogP contribution is -2.14. The molecule has 4 rings (SSSR count). The summed E-state index contributed by atoms with van der Waals surface area (Å²) in [6.45, 7) is 0. The summed E-state index contributed by atoms with van der Waals surface area (Å²) in [7, 11) is -0.711. The highest BCUT2D eigenvalue weighted by Crippen LogP contribution is 2.33. The molecule has 0 aliphatic rings. The minimum Gasteiger partial charge on any atom is -0.493 e. The van der Waals surface area contributed by atoms with E-state index in [2.05, 4.69) is 10.4 Å². The topological polar surface area (TPSA) is 126 Å². The van der Waals surface area contributed by atoms with Crippen molar-refractivity contribution in [1.82, 2.24) is 9.78 Å². The molecule has 10 heteroatoms. The van der Waals surface area contributed by atoms with Crippen molar-refractivity contribution in [3.8, 4) is 28.4 Å². The van der Waals surface area contributed by atoms with Crippen molar-refractivity contribution in [3.05, 3.63) is 84.6 Å². The second kappa shape index (κ2) is 9.38. The number of nitrogens with one attached hydrogen (secondary N) is 1. The summed E-state index contributed by atoms with van der Waals surface area (Å²) >= 11 is 0. The van der Waals surface area contributed by atoms with Crippen molar-refractivity contribution >= 4 is 21.6 Å². The molecule has 0 radical (unpaired) electrons. The van der Waals surface area contributed by atoms with E-state index in [9.17, 15) is 13.2 Å². The van der Waals surface area contributed by atoms with Gasteiger partial charge in [0.05, 0.1) is 30.5 Å². The van der Waals surface area contributed by atoms with Crippen molar-refractivity contribution < 1.29 is 22.7 Å². The summed E-state index contributed by atoms with van der Waals surface area (Å²) in [4.78, 5) is 12.9. The van der Waals surface area contributed by atoms with Gasteiger partial charge in [-0.2, -0.15) is 5.10 Å². The lowest BCUT2D eigenvalue weighted by molar-refractivity contribution is 0.102. The van der Waals surface area contributed by atoms with Crippen LogP contribution in [0.3, 0.4) is 0 Å². The number of para-hydroxylation sites is 1. The maximum absolute atomic E-state index is 13.0. The maximum atomic E-state index is 13.0. The monoisotopic (exact) mass is 478 g/mol. The quantitative estimate of drug-likeness (QED) is 0.419. The van der Waals surface area contributed by atoms with Gasteiger partial charge in [0.2, 0.25) is 10.0 Å². The number of methoxy groups -OCH3 is 2. The Hall–Kier alpha value is -4.15. The molecule has 1 heterocycles. The highest BCUT2D eigenvalue weighted by molar-refractivity contribution is 7.89. The zero-order chi connectivity index (χ0) is 24.3. The first-order chi connectivity index (χ1) is 16.3. The molecule has 34 heavy (non-hydrogen) atoms. The predicted molar refractivity (Wildman–Crippen MR) is 128 cm³/mol. The number of primary sulfonamides is 1. The molecule has 9 nitrogen and oxygen atoms in total. The molecule has 0 saturated heterocycles. The van der Waals surface area contributed by atoms with Gasteiger partial charge in [0, 0.05) is 11.3 Å². The molecule has 4 aromatic rings. The molecule has 0 spiro atoms. The summed E-state index contributed by atoms with van der Waals surface area (Å²) in [5, 5.41) is 12.4. The van der Waals surface area contributed by atoms with Crippen molar-refractivity contribution in [3.63, 3.8) is 0 Å². The Labute approximate surface area is 196 Å². The van der Waals surface area contributed by atoms with Gasteiger partial charge in [0.1, 0.15) is 0 Å². The third kappa shape index (κ3) is 4.77. The van der Waals surface area contributed by atoms with E-state index in [-0.39, 0.29) is 10.6 Å². The molecular formula is C24H22N4O5S. The SMILES string of the molecule is COc1ccc(-c2cc(C(=O)Nc3ccc(S(N)(=O)=O)cc3)nn2-c2ccccc2)cc1OC. The van der Waals surface area contributed by atoms with E-state index in [0.717, 1.165) is 11.3 Å². The van der Waals surface area contributed by atoms with Crippen LogP contribution in [0.5, 0.6) is 11.5 Å². The average molecular weight is 479 g/mol. The highest BCUT2D eigenvalue weighted by Gasteiger charge is 2.19. The number of anilines is 1. The molecule has 0 saturated carbocycles. The smallest absolute Gasteiger partial charge is 0.276 e. The van der Waals surface area contributed by atoms with E-state index in [0.29, 0.717) is 22.9 Å². The van der Waals surface area contributed by atoms with Gasteiger partial charge >= 0.3 is 0 Å². The van der Waals surface area contributed by atoms with Crippen molar-refractivity contribution in [2.75, 3.05) is 19.5 Å². The van der Waals surface area contributed by atoms with E-state index in [4.69, 9.17) is 14.6 Å². The first-order valence-corrected chi connectivity index (χ1v) is 11.7. The maximum Gasteiger partial charge on any atom is 0.276 e. The number of ether oxygens (including phenoxy) is 2. The van der Waals surface area contributed by atoms with Crippen LogP contribution in [-0.4, -0.2) is 38.3 Å². The molecule has 0 bridgehead atoms. The molecule has 0 unspecified atom stereocenters. The fourth-order valence-corrected chi connectivity index (χ4v) is 3.90. The molecule has 3 N–H and O–H groups in total. The number of hydrogen-bond donors (Lipinski definition) is 2. The zero-order valence-corrected chi connectivity index (χ0v) is 19.2. The van der Waals surface area contributed by atoms with E-state index in [1.165, 1.54) is 24.3 Å². The fourth-order valence-electron chi connectivity index (χ4n) is 3.38. The third-order valence-electron chi connectivity index (χ3n) is 5.06. The van der Waals surface area contributed by atoms with E-state index >= 15 is 0 Å². The van der Waals surface area contributed by atoms with Crippen LogP contribution in [0.1, 0.15) is 10.5 Å². The predicted octanol–water partition coefficient (Wildman–Crippen LogP) is 3.46. The van der Waals surface area contributed by atoms with Crippen LogP contribution >= 0.6 is 0 Å². The second-order valence-electron chi connectivity index (χ2n) is 7.26. The van der Waals surface area contributed by atoms with Gasteiger partial charge in [-0.25, -0.2) is 18.2 Å². The molecular weight excluding hydrogens is 456 g/mol. The van der Waals surface area contributed by atoms with Crippen molar-refractivity contribution in [2.45, 2.75) is 4.90 Å². The van der Waals surface area contributed by atoms with Crippen molar-refractivity contribution in [2.24, 2.45) is 5.14 Å². The average Bonchev–Trinajstić information content (AvgIpc) is 3.30. The Bertz CT molecular complexity index is 1430. The first-order valence-electron chi connectivity index (χ1n) is 10.1. The Kier molecular flexibility index (Phi) is 6.35. The third-order valence-corrected chi connectivity index (χ3v) is 5.99. The summed E-state index contributed by atoms with van der Waals surface area (Å²) < 4.78 is 35.3. The number of nitrogens with zero attached hydrogens (tertiary/aromatic N) is 2. The second-order valence-corrected chi connectivity index (χ2v) is 8.82. The molecule has 0 fully saturated rings. The van der Waals surface area contributed by atoms with Gasteiger partial charge in [0.25, 0.3) is 5.91 Å². The Balaban J connectivity index is 1.72. The number of benzene rings is 3. The minimum atomic E-state index is -3.82. The van der Waals surface area contributed by atoms with Crippen LogP contribution in [0, 0.1) is 0 Å². The molecule has 0 aliphatic heterocycles. The van der Waals surface area contributed by atoms with Crippen LogP contribution < -0.4 is 19.9 Å². The normalized spacial score (nSPS) is 11.1. The van der Waals surface area contributed by atoms with Gasteiger partial charge in [-0.3, -0.25) is 4.79 Å².